The predicted molar refractivity (Wildman–Crippen MR) is 153 cm³/mol. The first-order chi connectivity index (χ1) is 18.1. The molecule has 2 aliphatic rings. The number of ether oxygens (including phenoxy) is 1. The lowest BCUT2D eigenvalue weighted by molar-refractivity contribution is -0.136. The molecule has 0 bridgehead atoms. The van der Waals surface area contributed by atoms with Gasteiger partial charge in [0.05, 0.1) is 6.26 Å². The number of unbranched alkanes of at least 4 members (excludes halogenated alkanes) is 2. The van der Waals surface area contributed by atoms with E-state index in [0.717, 1.165) is 54.1 Å². The van der Waals surface area contributed by atoms with Crippen LogP contribution in [0.1, 0.15) is 79.7 Å². The van der Waals surface area contributed by atoms with Gasteiger partial charge in [0.15, 0.2) is 0 Å². The summed E-state index contributed by atoms with van der Waals surface area (Å²) in [5, 5.41) is 0. The van der Waals surface area contributed by atoms with E-state index in [1.807, 2.05) is 26.0 Å². The second kappa shape index (κ2) is 12.5. The van der Waals surface area contributed by atoms with Gasteiger partial charge in [-0.05, 0) is 62.0 Å². The zero-order valence-electron chi connectivity index (χ0n) is 24.1. The van der Waals surface area contributed by atoms with Crippen molar-refractivity contribution in [1.29, 1.82) is 0 Å². The summed E-state index contributed by atoms with van der Waals surface area (Å²) < 4.78 is 6.03. The molecule has 38 heavy (non-hydrogen) atoms. The molecule has 7 nitrogen and oxygen atoms in total. The summed E-state index contributed by atoms with van der Waals surface area (Å²) in [7, 11) is 0. The maximum absolute atomic E-state index is 13.4. The van der Waals surface area contributed by atoms with E-state index < -0.39 is 17.8 Å². The molecule has 1 aromatic rings. The Morgan fingerprint density at radius 3 is 1.89 bits per heavy atom. The lowest BCUT2D eigenvalue weighted by atomic mass is 9.79. The zero-order chi connectivity index (χ0) is 28.0. The van der Waals surface area contributed by atoms with Crippen molar-refractivity contribution in [1.82, 2.24) is 9.80 Å². The molecule has 3 rings (SSSR count). The highest BCUT2D eigenvalue weighted by Crippen LogP contribution is 2.44. The van der Waals surface area contributed by atoms with Crippen LogP contribution in [0, 0.1) is 5.41 Å². The third-order valence-electron chi connectivity index (χ3n) is 7.08. The molecule has 0 saturated carbocycles. The molecule has 0 radical (unpaired) electrons. The van der Waals surface area contributed by atoms with Crippen molar-refractivity contribution in [3.63, 3.8) is 0 Å². The highest BCUT2D eigenvalue weighted by molar-refractivity contribution is 6.28. The minimum absolute atomic E-state index is 0.0190. The Hall–Kier alpha value is -3.35. The van der Waals surface area contributed by atoms with Crippen LogP contribution in [0.25, 0.3) is 5.57 Å². The smallest absolute Gasteiger partial charge is 0.333 e. The van der Waals surface area contributed by atoms with Crippen LogP contribution in [0.2, 0.25) is 0 Å². The number of hydrogen-bond donors (Lipinski definition) is 0. The number of rotatable bonds is 10. The molecule has 206 valence electrons. The molecule has 7 heteroatoms. The number of imide groups is 2. The highest BCUT2D eigenvalue weighted by Gasteiger charge is 2.41. The molecule has 1 aromatic carbocycles. The third kappa shape index (κ3) is 6.03. The zero-order valence-corrected chi connectivity index (χ0v) is 24.1. The Bertz CT molecular complexity index is 1120. The fourth-order valence-electron chi connectivity index (χ4n) is 4.75. The van der Waals surface area contributed by atoms with Gasteiger partial charge in [-0.2, -0.15) is 0 Å². The maximum Gasteiger partial charge on any atom is 0.333 e. The Kier molecular flexibility index (Phi) is 9.58. The topological polar surface area (TPSA) is 70.2 Å². The van der Waals surface area contributed by atoms with Crippen molar-refractivity contribution >= 4 is 29.1 Å². The van der Waals surface area contributed by atoms with Gasteiger partial charge in [0, 0.05) is 43.0 Å². The monoisotopic (exact) mass is 521 g/mol. The average molecular weight is 522 g/mol. The van der Waals surface area contributed by atoms with Crippen molar-refractivity contribution in [2.75, 3.05) is 31.1 Å². The first-order valence-corrected chi connectivity index (χ1v) is 14.0. The lowest BCUT2D eigenvalue weighted by Gasteiger charge is -2.34. The van der Waals surface area contributed by atoms with Crippen LogP contribution < -0.4 is 9.64 Å². The molecule has 0 N–H and O–H groups in total. The van der Waals surface area contributed by atoms with Crippen LogP contribution in [0.15, 0.2) is 47.8 Å². The molecule has 0 aliphatic carbocycles. The first kappa shape index (κ1) is 29.2. The van der Waals surface area contributed by atoms with Crippen molar-refractivity contribution < 1.29 is 19.1 Å². The van der Waals surface area contributed by atoms with Crippen molar-refractivity contribution in [3.05, 3.63) is 53.3 Å². The number of fused-ring (bicyclic) bond motifs is 1. The minimum atomic E-state index is -0.525. The van der Waals surface area contributed by atoms with E-state index in [0.29, 0.717) is 25.9 Å². The number of benzene rings is 1. The Morgan fingerprint density at radius 1 is 0.842 bits per heavy atom. The second-order valence-electron chi connectivity index (χ2n) is 10.8. The van der Waals surface area contributed by atoms with Gasteiger partial charge in [-0.15, -0.1) is 0 Å². The molecule has 0 aromatic heterocycles. The van der Waals surface area contributed by atoms with Gasteiger partial charge < -0.3 is 9.64 Å². The molecule has 1 fully saturated rings. The van der Waals surface area contributed by atoms with Crippen LogP contribution in [0.4, 0.5) is 10.5 Å². The molecule has 4 amide bonds. The van der Waals surface area contributed by atoms with E-state index in [2.05, 4.69) is 51.7 Å². The average Bonchev–Trinajstić information content (AvgIpc) is 2.88. The Balaban J connectivity index is 2.15. The van der Waals surface area contributed by atoms with Crippen LogP contribution in [-0.2, 0) is 9.59 Å². The summed E-state index contributed by atoms with van der Waals surface area (Å²) in [4.78, 5) is 44.6. The van der Waals surface area contributed by atoms with E-state index in [1.165, 1.54) is 9.80 Å². The van der Waals surface area contributed by atoms with Crippen molar-refractivity contribution in [2.24, 2.45) is 5.41 Å². The summed E-state index contributed by atoms with van der Waals surface area (Å²) >= 11 is 0. The number of urea groups is 1. The molecule has 0 atom stereocenters. The maximum atomic E-state index is 13.4. The summed E-state index contributed by atoms with van der Waals surface area (Å²) in [6.45, 7) is 16.9. The number of amides is 4. The quantitative estimate of drug-likeness (QED) is 0.258. The SMILES string of the molecule is CCCCN1C(=O)C(=CC=C2C(C(C)(C)C)=COc3ccc(N(CC)CC)cc32)C(=O)N(CCCC)C1=O. The van der Waals surface area contributed by atoms with Gasteiger partial charge in [0.1, 0.15) is 11.3 Å². The molecule has 2 heterocycles. The lowest BCUT2D eigenvalue weighted by Crippen LogP contribution is -2.56. The van der Waals surface area contributed by atoms with E-state index in [-0.39, 0.29) is 11.0 Å². The van der Waals surface area contributed by atoms with Crippen molar-refractivity contribution in [2.45, 2.75) is 74.1 Å². The number of carbonyl (C=O) groups is 3. The number of hydrogen-bond acceptors (Lipinski definition) is 5. The van der Waals surface area contributed by atoms with E-state index in [1.54, 1.807) is 12.3 Å². The van der Waals surface area contributed by atoms with E-state index >= 15 is 0 Å². The molecule has 0 unspecified atom stereocenters. The third-order valence-corrected chi connectivity index (χ3v) is 7.08. The summed E-state index contributed by atoms with van der Waals surface area (Å²) in [6.07, 6.45) is 8.28. The van der Waals surface area contributed by atoms with Gasteiger partial charge in [0.2, 0.25) is 0 Å². The number of anilines is 1. The first-order valence-electron chi connectivity index (χ1n) is 14.0. The molecule has 0 spiro atoms. The van der Waals surface area contributed by atoms with E-state index in [9.17, 15) is 14.4 Å². The molecule has 1 saturated heterocycles. The van der Waals surface area contributed by atoms with E-state index in [4.69, 9.17) is 4.74 Å². The number of allylic oxidation sites excluding steroid dienone is 4. The highest BCUT2D eigenvalue weighted by atomic mass is 16.5. The van der Waals surface area contributed by atoms with Crippen LogP contribution in [0.5, 0.6) is 5.75 Å². The standard InChI is InChI=1S/C31H43N3O4/c1-8-12-18-33-28(35)24(29(36)34(30(33)37)19-13-9-2)16-15-23-25-20-22(32(10-3)11-4)14-17-27(25)38-21-26(23)31(5,6)7/h14-17,20-21H,8-13,18-19H2,1-7H3. The molecule has 2 aliphatic heterocycles. The Labute approximate surface area is 227 Å². The molecular weight excluding hydrogens is 478 g/mol. The fourth-order valence-corrected chi connectivity index (χ4v) is 4.75. The fraction of sp³-hybridized carbons (Fsp3) is 0.516. The van der Waals surface area contributed by atoms with Crippen LogP contribution >= 0.6 is 0 Å². The largest absolute Gasteiger partial charge is 0.464 e. The van der Waals surface area contributed by atoms with Crippen LogP contribution in [0.3, 0.4) is 0 Å². The van der Waals surface area contributed by atoms with Gasteiger partial charge in [-0.25, -0.2) is 4.79 Å². The minimum Gasteiger partial charge on any atom is -0.464 e. The number of carbonyl (C=O) groups excluding carboxylic acids is 3. The number of nitrogens with zero attached hydrogens (tertiary/aromatic N) is 3. The van der Waals surface area contributed by atoms with Gasteiger partial charge >= 0.3 is 6.03 Å². The predicted octanol–water partition coefficient (Wildman–Crippen LogP) is 6.56. The summed E-state index contributed by atoms with van der Waals surface area (Å²) in [5.41, 5.74) is 3.64. The summed E-state index contributed by atoms with van der Waals surface area (Å²) in [6, 6.07) is 5.62. The van der Waals surface area contributed by atoms with Crippen molar-refractivity contribution in [3.8, 4) is 5.75 Å². The Morgan fingerprint density at radius 2 is 1.39 bits per heavy atom. The molecular formula is C31H43N3O4. The number of barbiturate groups is 1. The van der Waals surface area contributed by atoms with Gasteiger partial charge in [0.25, 0.3) is 11.8 Å². The summed E-state index contributed by atoms with van der Waals surface area (Å²) in [5.74, 6) is -0.323. The normalized spacial score (nSPS) is 17.0. The van der Waals surface area contributed by atoms with Gasteiger partial charge in [-0.1, -0.05) is 53.5 Å². The second-order valence-corrected chi connectivity index (χ2v) is 10.8. The van der Waals surface area contributed by atoms with Crippen LogP contribution in [-0.4, -0.2) is 53.8 Å². The van der Waals surface area contributed by atoms with Gasteiger partial charge in [-0.3, -0.25) is 19.4 Å².